The van der Waals surface area contributed by atoms with Gasteiger partial charge in [0.2, 0.25) is 0 Å². The van der Waals surface area contributed by atoms with Gasteiger partial charge in [0.05, 0.1) is 6.07 Å². The molecule has 1 N–H and O–H groups in total. The molecule has 0 heterocycles. The largest absolute Gasteiger partial charge is 0.295 e. The first-order valence-corrected chi connectivity index (χ1v) is 7.91. The summed E-state index contributed by atoms with van der Waals surface area (Å²) in [7, 11) is 0. The van der Waals surface area contributed by atoms with Gasteiger partial charge in [-0.2, -0.15) is 5.26 Å². The third kappa shape index (κ3) is 2.91. The Balaban J connectivity index is 1.80. The monoisotopic (exact) mass is 290 g/mol. The average molecular weight is 290 g/mol. The normalized spacial score (nSPS) is 20.2. The highest BCUT2D eigenvalue weighted by Crippen LogP contribution is 2.30. The molecule has 3 rings (SSSR count). The van der Waals surface area contributed by atoms with Gasteiger partial charge in [0, 0.05) is 13.0 Å². The number of hydrogen-bond donors (Lipinski definition) is 1. The highest BCUT2D eigenvalue weighted by molar-refractivity contribution is 5.41. The van der Waals surface area contributed by atoms with Crippen LogP contribution in [-0.2, 0) is 19.4 Å². The Kier molecular flexibility index (Phi) is 4.00. The Morgan fingerprint density at radius 3 is 2.45 bits per heavy atom. The molecule has 0 amide bonds. The van der Waals surface area contributed by atoms with E-state index in [2.05, 4.69) is 49.5 Å². The molecule has 0 spiro atoms. The second-order valence-corrected chi connectivity index (χ2v) is 6.42. The van der Waals surface area contributed by atoms with E-state index in [-0.39, 0.29) is 0 Å². The molecule has 2 aromatic carbocycles. The van der Waals surface area contributed by atoms with Gasteiger partial charge in [-0.15, -0.1) is 0 Å². The number of rotatable bonds is 3. The fourth-order valence-electron chi connectivity index (χ4n) is 3.25. The molecule has 1 aliphatic carbocycles. The van der Waals surface area contributed by atoms with Crippen molar-refractivity contribution >= 4 is 0 Å². The van der Waals surface area contributed by atoms with Crippen LogP contribution in [0.5, 0.6) is 0 Å². The molecule has 1 atom stereocenters. The summed E-state index contributed by atoms with van der Waals surface area (Å²) in [5.41, 5.74) is 6.19. The van der Waals surface area contributed by atoms with Crippen LogP contribution >= 0.6 is 0 Å². The molecule has 2 heteroatoms. The maximum atomic E-state index is 9.76. The SMILES string of the molecule is Cc1cc2c(cc1C)CC(C#N)(NCc1ccccc1)CC2. The van der Waals surface area contributed by atoms with Crippen LogP contribution < -0.4 is 5.32 Å². The minimum atomic E-state index is -0.440. The number of aryl methyl sites for hydroxylation is 3. The smallest absolute Gasteiger partial charge is 0.111 e. The maximum Gasteiger partial charge on any atom is 0.111 e. The van der Waals surface area contributed by atoms with Crippen molar-refractivity contribution < 1.29 is 0 Å². The highest BCUT2D eigenvalue weighted by atomic mass is 15.0. The lowest BCUT2D eigenvalue weighted by Gasteiger charge is -2.34. The Hall–Kier alpha value is -2.11. The number of benzene rings is 2. The first-order valence-electron chi connectivity index (χ1n) is 7.91. The number of nitriles is 1. The minimum absolute atomic E-state index is 0.440. The standard InChI is InChI=1S/C20H22N2/c1-15-10-18-8-9-20(14-21,12-19(18)11-16(15)2)22-13-17-6-4-3-5-7-17/h3-7,10-11,22H,8-9,12-13H2,1-2H3. The van der Waals surface area contributed by atoms with Crippen molar-refractivity contribution in [3.63, 3.8) is 0 Å². The quantitative estimate of drug-likeness (QED) is 0.932. The van der Waals surface area contributed by atoms with Crippen molar-refractivity contribution in [2.45, 2.75) is 45.2 Å². The maximum absolute atomic E-state index is 9.76. The summed E-state index contributed by atoms with van der Waals surface area (Å²) in [6, 6.07) is 17.4. The van der Waals surface area contributed by atoms with Crippen molar-refractivity contribution in [3.8, 4) is 6.07 Å². The summed E-state index contributed by atoms with van der Waals surface area (Å²) in [5, 5.41) is 13.3. The van der Waals surface area contributed by atoms with E-state index in [1.54, 1.807) is 0 Å². The van der Waals surface area contributed by atoms with Gasteiger partial charge >= 0.3 is 0 Å². The molecule has 2 nitrogen and oxygen atoms in total. The number of nitrogens with zero attached hydrogens (tertiary/aromatic N) is 1. The Morgan fingerprint density at radius 1 is 1.09 bits per heavy atom. The van der Waals surface area contributed by atoms with Crippen LogP contribution in [0, 0.1) is 25.2 Å². The Bertz CT molecular complexity index is 712. The molecule has 0 saturated carbocycles. The van der Waals surface area contributed by atoms with Crippen molar-refractivity contribution in [3.05, 3.63) is 70.3 Å². The van der Waals surface area contributed by atoms with Crippen LogP contribution in [0.4, 0.5) is 0 Å². The van der Waals surface area contributed by atoms with Crippen LogP contribution in [0.3, 0.4) is 0 Å². The molecular weight excluding hydrogens is 268 g/mol. The zero-order valence-corrected chi connectivity index (χ0v) is 13.3. The molecule has 0 saturated heterocycles. The van der Waals surface area contributed by atoms with E-state index in [1.807, 2.05) is 18.2 Å². The van der Waals surface area contributed by atoms with E-state index in [0.29, 0.717) is 0 Å². The third-order valence-electron chi connectivity index (χ3n) is 4.82. The molecule has 0 aliphatic heterocycles. The molecule has 0 aromatic heterocycles. The molecular formula is C20H22N2. The average Bonchev–Trinajstić information content (AvgIpc) is 2.55. The van der Waals surface area contributed by atoms with Crippen LogP contribution in [0.2, 0.25) is 0 Å². The van der Waals surface area contributed by atoms with Crippen molar-refractivity contribution in [2.75, 3.05) is 0 Å². The first-order chi connectivity index (χ1) is 10.6. The summed E-state index contributed by atoms with van der Waals surface area (Å²) >= 11 is 0. The van der Waals surface area contributed by atoms with E-state index in [4.69, 9.17) is 0 Å². The van der Waals surface area contributed by atoms with Gasteiger partial charge in [-0.1, -0.05) is 42.5 Å². The van der Waals surface area contributed by atoms with Crippen molar-refractivity contribution in [1.82, 2.24) is 5.32 Å². The molecule has 0 radical (unpaired) electrons. The summed E-state index contributed by atoms with van der Waals surface area (Å²) in [5.74, 6) is 0. The van der Waals surface area contributed by atoms with Crippen LogP contribution in [0.15, 0.2) is 42.5 Å². The minimum Gasteiger partial charge on any atom is -0.295 e. The predicted molar refractivity (Wildman–Crippen MR) is 89.6 cm³/mol. The van der Waals surface area contributed by atoms with E-state index < -0.39 is 5.54 Å². The fourth-order valence-corrected chi connectivity index (χ4v) is 3.25. The lowest BCUT2D eigenvalue weighted by atomic mass is 9.77. The fraction of sp³-hybridized carbons (Fsp3) is 0.350. The molecule has 0 bridgehead atoms. The zero-order chi connectivity index (χ0) is 15.6. The summed E-state index contributed by atoms with van der Waals surface area (Å²) in [6.45, 7) is 5.06. The lowest BCUT2D eigenvalue weighted by molar-refractivity contribution is 0.364. The van der Waals surface area contributed by atoms with E-state index in [9.17, 15) is 5.26 Å². The Morgan fingerprint density at radius 2 is 1.77 bits per heavy atom. The van der Waals surface area contributed by atoms with Gasteiger partial charge in [-0.3, -0.25) is 5.32 Å². The number of fused-ring (bicyclic) bond motifs is 1. The van der Waals surface area contributed by atoms with Gasteiger partial charge in [-0.05, 0) is 54.5 Å². The van der Waals surface area contributed by atoms with Gasteiger partial charge in [0.1, 0.15) is 5.54 Å². The van der Waals surface area contributed by atoms with E-state index >= 15 is 0 Å². The summed E-state index contributed by atoms with van der Waals surface area (Å²) in [6.07, 6.45) is 2.66. The highest BCUT2D eigenvalue weighted by Gasteiger charge is 2.34. The van der Waals surface area contributed by atoms with Gasteiger partial charge in [0.25, 0.3) is 0 Å². The molecule has 2 aromatic rings. The molecule has 22 heavy (non-hydrogen) atoms. The lowest BCUT2D eigenvalue weighted by Crippen LogP contribution is -2.48. The zero-order valence-electron chi connectivity index (χ0n) is 13.3. The summed E-state index contributed by atoms with van der Waals surface area (Å²) < 4.78 is 0. The molecule has 1 aliphatic rings. The predicted octanol–water partition coefficient (Wildman–Crippen LogP) is 3.84. The van der Waals surface area contributed by atoms with Crippen molar-refractivity contribution in [1.29, 1.82) is 5.26 Å². The first kappa shape index (κ1) is 14.8. The van der Waals surface area contributed by atoms with E-state index in [0.717, 1.165) is 25.8 Å². The van der Waals surface area contributed by atoms with Crippen molar-refractivity contribution in [2.24, 2.45) is 0 Å². The van der Waals surface area contributed by atoms with Crippen LogP contribution in [0.1, 0.15) is 34.2 Å². The third-order valence-corrected chi connectivity index (χ3v) is 4.82. The summed E-state index contributed by atoms with van der Waals surface area (Å²) in [4.78, 5) is 0. The van der Waals surface area contributed by atoms with E-state index in [1.165, 1.54) is 27.8 Å². The van der Waals surface area contributed by atoms with Gasteiger partial charge in [-0.25, -0.2) is 0 Å². The Labute approximate surface area is 132 Å². The second kappa shape index (κ2) is 5.94. The second-order valence-electron chi connectivity index (χ2n) is 6.42. The molecule has 1 unspecified atom stereocenters. The molecule has 112 valence electrons. The molecule has 0 fully saturated rings. The van der Waals surface area contributed by atoms with Crippen LogP contribution in [-0.4, -0.2) is 5.54 Å². The number of hydrogen-bond acceptors (Lipinski definition) is 2. The number of nitrogens with one attached hydrogen (secondary N) is 1. The topological polar surface area (TPSA) is 35.8 Å². The van der Waals surface area contributed by atoms with Crippen LogP contribution in [0.25, 0.3) is 0 Å². The van der Waals surface area contributed by atoms with Gasteiger partial charge < -0.3 is 0 Å². The van der Waals surface area contributed by atoms with Gasteiger partial charge in [0.15, 0.2) is 0 Å².